The highest BCUT2D eigenvalue weighted by Gasteiger charge is 2.34. The molecule has 1 aliphatic carbocycles. The van der Waals surface area contributed by atoms with Gasteiger partial charge in [0.2, 0.25) is 0 Å². The zero-order valence-corrected chi connectivity index (χ0v) is 23.4. The Labute approximate surface area is 248 Å². The van der Waals surface area contributed by atoms with Crippen LogP contribution in [0.5, 0.6) is 0 Å². The van der Waals surface area contributed by atoms with Crippen molar-refractivity contribution in [2.45, 2.75) is 0 Å². The SMILES string of the molecule is Cn1c(-c2ccc(-c3ccccc3)cc2)nc2c1cc(C=C1C(=O)c3cc4ccccc4cc3C1=O)n2-c1ccccc1. The average Bonchev–Trinajstić information content (AvgIpc) is 3.65. The van der Waals surface area contributed by atoms with Gasteiger partial charge in [0.25, 0.3) is 0 Å². The van der Waals surface area contributed by atoms with Gasteiger partial charge in [-0.1, -0.05) is 97.1 Å². The van der Waals surface area contributed by atoms with Crippen LogP contribution in [0.15, 0.2) is 133 Å². The summed E-state index contributed by atoms with van der Waals surface area (Å²) in [7, 11) is 2.00. The Bertz CT molecular complexity index is 2200. The molecule has 0 saturated carbocycles. The lowest BCUT2D eigenvalue weighted by atomic mass is 10.0. The summed E-state index contributed by atoms with van der Waals surface area (Å²) in [6.07, 6.45) is 1.72. The van der Waals surface area contributed by atoms with Crippen molar-refractivity contribution in [1.82, 2.24) is 14.1 Å². The second-order valence-corrected chi connectivity index (χ2v) is 10.8. The minimum Gasteiger partial charge on any atom is -0.326 e. The number of carbonyl (C=O) groups excluding carboxylic acids is 2. The molecule has 5 nitrogen and oxygen atoms in total. The van der Waals surface area contributed by atoms with Crippen LogP contribution < -0.4 is 0 Å². The third-order valence-corrected chi connectivity index (χ3v) is 8.30. The molecule has 0 saturated heterocycles. The molecular weight excluding hydrogens is 530 g/mol. The molecule has 43 heavy (non-hydrogen) atoms. The smallest absolute Gasteiger partial charge is 0.197 e. The van der Waals surface area contributed by atoms with Crippen molar-refractivity contribution in [3.8, 4) is 28.2 Å². The lowest BCUT2D eigenvalue weighted by molar-refractivity contribution is 0.0990. The molecule has 5 aromatic carbocycles. The van der Waals surface area contributed by atoms with Gasteiger partial charge >= 0.3 is 0 Å². The zero-order valence-electron chi connectivity index (χ0n) is 23.4. The van der Waals surface area contributed by atoms with Crippen molar-refractivity contribution in [2.75, 3.05) is 0 Å². The number of aryl methyl sites for hydroxylation is 1. The lowest BCUT2D eigenvalue weighted by Gasteiger charge is -2.08. The third-order valence-electron chi connectivity index (χ3n) is 8.30. The Morgan fingerprint density at radius 1 is 0.605 bits per heavy atom. The molecule has 0 fully saturated rings. The van der Waals surface area contributed by atoms with E-state index >= 15 is 0 Å². The minimum atomic E-state index is -0.247. The number of ketones is 2. The number of hydrogen-bond donors (Lipinski definition) is 0. The Balaban J connectivity index is 1.25. The molecule has 0 unspecified atom stereocenters. The molecule has 5 heteroatoms. The molecule has 7 aromatic rings. The summed E-state index contributed by atoms with van der Waals surface area (Å²) in [6, 6.07) is 42.1. The summed E-state index contributed by atoms with van der Waals surface area (Å²) in [6.45, 7) is 0. The van der Waals surface area contributed by atoms with Crippen LogP contribution in [-0.2, 0) is 7.05 Å². The van der Waals surface area contributed by atoms with E-state index in [0.29, 0.717) is 11.1 Å². The van der Waals surface area contributed by atoms with Crippen LogP contribution >= 0.6 is 0 Å². The first-order valence-electron chi connectivity index (χ1n) is 14.2. The van der Waals surface area contributed by atoms with Gasteiger partial charge in [-0.05, 0) is 58.3 Å². The normalized spacial score (nSPS) is 12.8. The average molecular weight is 556 g/mol. The van der Waals surface area contributed by atoms with Crippen LogP contribution in [0.2, 0.25) is 0 Å². The molecule has 2 aromatic heterocycles. The number of aromatic nitrogens is 3. The number of Topliss-reactive ketones (excluding diaryl/α,β-unsaturated/α-hetero) is 2. The molecule has 204 valence electrons. The Morgan fingerprint density at radius 2 is 1.14 bits per heavy atom. The van der Waals surface area contributed by atoms with E-state index in [1.54, 1.807) is 6.08 Å². The Kier molecular flexibility index (Phi) is 5.59. The van der Waals surface area contributed by atoms with Gasteiger partial charge in [-0.25, -0.2) is 4.98 Å². The number of fused-ring (bicyclic) bond motifs is 3. The van der Waals surface area contributed by atoms with Gasteiger partial charge in [0.05, 0.1) is 16.8 Å². The predicted molar refractivity (Wildman–Crippen MR) is 171 cm³/mol. The number of para-hydroxylation sites is 1. The summed E-state index contributed by atoms with van der Waals surface area (Å²) in [5, 5.41) is 1.88. The van der Waals surface area contributed by atoms with Crippen LogP contribution in [0.4, 0.5) is 0 Å². The first kappa shape index (κ1) is 24.9. The molecule has 0 aliphatic heterocycles. The van der Waals surface area contributed by atoms with Crippen molar-refractivity contribution >= 4 is 39.6 Å². The van der Waals surface area contributed by atoms with E-state index in [1.165, 1.54) is 5.56 Å². The lowest BCUT2D eigenvalue weighted by Crippen LogP contribution is -2.03. The number of rotatable bonds is 4. The highest BCUT2D eigenvalue weighted by atomic mass is 16.2. The van der Waals surface area contributed by atoms with Crippen molar-refractivity contribution < 1.29 is 9.59 Å². The summed E-state index contributed by atoms with van der Waals surface area (Å²) in [5.74, 6) is 0.339. The van der Waals surface area contributed by atoms with Gasteiger partial charge in [0, 0.05) is 29.4 Å². The highest BCUT2D eigenvalue weighted by Crippen LogP contribution is 2.35. The molecule has 1 aliphatic rings. The number of nitrogens with zero attached hydrogens (tertiary/aromatic N) is 3. The molecule has 0 atom stereocenters. The molecule has 0 N–H and O–H groups in total. The topological polar surface area (TPSA) is 56.9 Å². The van der Waals surface area contributed by atoms with E-state index < -0.39 is 0 Å². The van der Waals surface area contributed by atoms with E-state index in [4.69, 9.17) is 4.98 Å². The van der Waals surface area contributed by atoms with E-state index in [2.05, 4.69) is 41.0 Å². The largest absolute Gasteiger partial charge is 0.326 e. The summed E-state index contributed by atoms with van der Waals surface area (Å²) >= 11 is 0. The fraction of sp³-hybridized carbons (Fsp3) is 0.0263. The number of allylic oxidation sites excluding steroid dienone is 1. The second kappa shape index (κ2) is 9.64. The molecule has 0 amide bonds. The van der Waals surface area contributed by atoms with Crippen molar-refractivity contribution in [3.05, 3.63) is 150 Å². The third kappa shape index (κ3) is 3.97. The van der Waals surface area contributed by atoms with Crippen LogP contribution in [0.1, 0.15) is 26.4 Å². The highest BCUT2D eigenvalue weighted by molar-refractivity contribution is 6.42. The van der Waals surface area contributed by atoms with E-state index in [9.17, 15) is 9.59 Å². The molecule has 0 radical (unpaired) electrons. The fourth-order valence-electron chi connectivity index (χ4n) is 6.09. The van der Waals surface area contributed by atoms with Crippen LogP contribution in [0.25, 0.3) is 56.2 Å². The van der Waals surface area contributed by atoms with Crippen LogP contribution in [0, 0.1) is 0 Å². The number of carbonyl (C=O) groups is 2. The monoisotopic (exact) mass is 555 g/mol. The first-order valence-corrected chi connectivity index (χ1v) is 14.2. The molecule has 0 bridgehead atoms. The zero-order chi connectivity index (χ0) is 29.1. The quantitative estimate of drug-likeness (QED) is 0.162. The van der Waals surface area contributed by atoms with Crippen molar-refractivity contribution in [1.29, 1.82) is 0 Å². The molecule has 8 rings (SSSR count). The van der Waals surface area contributed by atoms with Crippen LogP contribution in [-0.4, -0.2) is 25.7 Å². The Morgan fingerprint density at radius 3 is 1.77 bits per heavy atom. The van der Waals surface area contributed by atoms with E-state index in [1.807, 2.05) is 103 Å². The summed E-state index contributed by atoms with van der Waals surface area (Å²) < 4.78 is 4.08. The maximum absolute atomic E-state index is 13.6. The molecule has 2 heterocycles. The van der Waals surface area contributed by atoms with E-state index in [0.717, 1.165) is 50.3 Å². The van der Waals surface area contributed by atoms with Crippen LogP contribution in [0.3, 0.4) is 0 Å². The van der Waals surface area contributed by atoms with Gasteiger partial charge in [0.15, 0.2) is 17.2 Å². The maximum atomic E-state index is 13.6. The first-order chi connectivity index (χ1) is 21.1. The van der Waals surface area contributed by atoms with Gasteiger partial charge in [0.1, 0.15) is 5.82 Å². The maximum Gasteiger partial charge on any atom is 0.197 e. The minimum absolute atomic E-state index is 0.169. The second-order valence-electron chi connectivity index (χ2n) is 10.8. The molecule has 0 spiro atoms. The van der Waals surface area contributed by atoms with Gasteiger partial charge in [-0.3, -0.25) is 14.2 Å². The van der Waals surface area contributed by atoms with E-state index in [-0.39, 0.29) is 17.1 Å². The Hall–Kier alpha value is -5.81. The number of hydrogen-bond acceptors (Lipinski definition) is 3. The summed E-state index contributed by atoms with van der Waals surface area (Å²) in [4.78, 5) is 32.2. The fourth-order valence-corrected chi connectivity index (χ4v) is 6.09. The standard InChI is InChI=1S/C38H25N3O2/c1-40-34-23-30(22-33-35(42)31-20-27-12-8-9-13-28(27)21-32(31)36(33)43)41(29-14-6-3-7-15-29)38(34)39-37(40)26-18-16-25(17-19-26)24-10-4-2-5-11-24/h2-23H,1H3. The molecular formula is C38H25N3O2. The van der Waals surface area contributed by atoms with Gasteiger partial charge in [-0.2, -0.15) is 0 Å². The number of imidazole rings is 1. The van der Waals surface area contributed by atoms with Crippen molar-refractivity contribution in [2.24, 2.45) is 7.05 Å². The predicted octanol–water partition coefficient (Wildman–Crippen LogP) is 8.31. The van der Waals surface area contributed by atoms with Gasteiger partial charge in [-0.15, -0.1) is 0 Å². The van der Waals surface area contributed by atoms with Crippen molar-refractivity contribution in [3.63, 3.8) is 0 Å². The summed E-state index contributed by atoms with van der Waals surface area (Å²) in [5.41, 5.74) is 7.66. The van der Waals surface area contributed by atoms with Gasteiger partial charge < -0.3 is 4.57 Å². The number of benzene rings is 5.